The van der Waals surface area contributed by atoms with Gasteiger partial charge in [0.1, 0.15) is 0 Å². The maximum atomic E-state index is 9.24. The minimum Gasteiger partial charge on any atom is -0.397 e. The Bertz CT molecular complexity index is 454. The summed E-state index contributed by atoms with van der Waals surface area (Å²) in [6, 6.07) is 5.55. The Kier molecular flexibility index (Phi) is 3.45. The standard InChI is InChI=1S/C12H14IN3O/c13-9-3-8(5-14)4-10(15)11(9)16-6-12(7-17)1-2-12/h3-4,16-17H,1-2,6-7,15H2. The second-order valence-electron chi connectivity index (χ2n) is 4.55. The Balaban J connectivity index is 2.14. The molecule has 0 aromatic heterocycles. The lowest BCUT2D eigenvalue weighted by atomic mass is 10.1. The number of rotatable bonds is 4. The molecule has 17 heavy (non-hydrogen) atoms. The van der Waals surface area contributed by atoms with Gasteiger partial charge in [-0.1, -0.05) is 0 Å². The summed E-state index contributed by atoms with van der Waals surface area (Å²) >= 11 is 2.16. The molecule has 4 nitrogen and oxygen atoms in total. The number of nitrogens with zero attached hydrogens (tertiary/aromatic N) is 1. The van der Waals surface area contributed by atoms with E-state index in [4.69, 9.17) is 11.0 Å². The van der Waals surface area contributed by atoms with Gasteiger partial charge in [-0.25, -0.2) is 0 Å². The van der Waals surface area contributed by atoms with Gasteiger partial charge in [0, 0.05) is 15.5 Å². The average molecular weight is 343 g/mol. The van der Waals surface area contributed by atoms with Gasteiger partial charge in [0.2, 0.25) is 0 Å². The summed E-state index contributed by atoms with van der Waals surface area (Å²) in [6.07, 6.45) is 2.12. The zero-order chi connectivity index (χ0) is 12.5. The van der Waals surface area contributed by atoms with E-state index in [0.717, 1.165) is 28.6 Å². The molecule has 0 spiro atoms. The number of hydrogen-bond donors (Lipinski definition) is 3. The van der Waals surface area contributed by atoms with E-state index in [1.807, 2.05) is 0 Å². The first-order chi connectivity index (χ1) is 8.10. The number of nitrogens with one attached hydrogen (secondary N) is 1. The van der Waals surface area contributed by atoms with Gasteiger partial charge >= 0.3 is 0 Å². The Morgan fingerprint density at radius 3 is 2.71 bits per heavy atom. The van der Waals surface area contributed by atoms with Crippen molar-refractivity contribution < 1.29 is 5.11 Å². The van der Waals surface area contributed by atoms with E-state index in [-0.39, 0.29) is 12.0 Å². The Morgan fingerprint density at radius 2 is 2.24 bits per heavy atom. The summed E-state index contributed by atoms with van der Waals surface area (Å²) < 4.78 is 0.938. The Labute approximate surface area is 114 Å². The van der Waals surface area contributed by atoms with E-state index >= 15 is 0 Å². The molecule has 0 bridgehead atoms. The topological polar surface area (TPSA) is 82.1 Å². The van der Waals surface area contributed by atoms with Crippen LogP contribution in [0.25, 0.3) is 0 Å². The van der Waals surface area contributed by atoms with Crippen LogP contribution in [-0.4, -0.2) is 18.3 Å². The summed E-state index contributed by atoms with van der Waals surface area (Å²) in [4.78, 5) is 0. The molecule has 1 aliphatic carbocycles. The molecule has 1 aliphatic rings. The van der Waals surface area contributed by atoms with Crippen LogP contribution in [0.4, 0.5) is 11.4 Å². The molecule has 1 saturated carbocycles. The van der Waals surface area contributed by atoms with Crippen LogP contribution in [0.2, 0.25) is 0 Å². The van der Waals surface area contributed by atoms with E-state index in [2.05, 4.69) is 34.0 Å². The largest absolute Gasteiger partial charge is 0.397 e. The Hall–Kier alpha value is -1.00. The zero-order valence-corrected chi connectivity index (χ0v) is 11.5. The summed E-state index contributed by atoms with van der Waals surface area (Å²) in [6.45, 7) is 0.947. The van der Waals surface area contributed by atoms with Gasteiger partial charge in [0.05, 0.1) is 29.6 Å². The monoisotopic (exact) mass is 343 g/mol. The van der Waals surface area contributed by atoms with Crippen molar-refractivity contribution in [2.24, 2.45) is 5.41 Å². The van der Waals surface area contributed by atoms with Crippen molar-refractivity contribution in [1.29, 1.82) is 5.26 Å². The zero-order valence-electron chi connectivity index (χ0n) is 9.33. The van der Waals surface area contributed by atoms with E-state index in [1.54, 1.807) is 12.1 Å². The molecule has 1 fully saturated rings. The molecule has 0 saturated heterocycles. The second kappa shape index (κ2) is 4.70. The van der Waals surface area contributed by atoms with Crippen molar-refractivity contribution in [3.05, 3.63) is 21.3 Å². The number of halogens is 1. The fraction of sp³-hybridized carbons (Fsp3) is 0.417. The number of nitrogens with two attached hydrogens (primary N) is 1. The highest BCUT2D eigenvalue weighted by Gasteiger charge is 2.41. The predicted molar refractivity (Wildman–Crippen MR) is 75.5 cm³/mol. The summed E-state index contributed by atoms with van der Waals surface area (Å²) in [5, 5.41) is 21.3. The fourth-order valence-corrected chi connectivity index (χ4v) is 2.56. The number of aliphatic hydroxyl groups is 1. The van der Waals surface area contributed by atoms with Gasteiger partial charge < -0.3 is 16.2 Å². The quantitative estimate of drug-likeness (QED) is 0.576. The number of nitriles is 1. The number of aliphatic hydroxyl groups excluding tert-OH is 1. The van der Waals surface area contributed by atoms with Crippen LogP contribution in [0.15, 0.2) is 12.1 Å². The minimum absolute atomic E-state index is 0.0451. The predicted octanol–water partition coefficient (Wildman–Crippen LogP) is 1.93. The molecule has 0 atom stereocenters. The van der Waals surface area contributed by atoms with Crippen molar-refractivity contribution in [2.45, 2.75) is 12.8 Å². The molecule has 0 unspecified atom stereocenters. The number of anilines is 2. The van der Waals surface area contributed by atoms with Gasteiger partial charge in [-0.05, 0) is 47.6 Å². The number of benzene rings is 1. The first-order valence-electron chi connectivity index (χ1n) is 5.44. The van der Waals surface area contributed by atoms with Crippen molar-refractivity contribution in [3.63, 3.8) is 0 Å². The van der Waals surface area contributed by atoms with Gasteiger partial charge in [-0.2, -0.15) is 5.26 Å². The highest BCUT2D eigenvalue weighted by molar-refractivity contribution is 14.1. The van der Waals surface area contributed by atoms with E-state index in [9.17, 15) is 5.11 Å². The lowest BCUT2D eigenvalue weighted by Gasteiger charge is -2.16. The van der Waals surface area contributed by atoms with Crippen LogP contribution >= 0.6 is 22.6 Å². The van der Waals surface area contributed by atoms with Crippen molar-refractivity contribution in [1.82, 2.24) is 0 Å². The summed E-state index contributed by atoms with van der Waals surface area (Å²) in [5.41, 5.74) is 7.97. The van der Waals surface area contributed by atoms with Crippen molar-refractivity contribution >= 4 is 34.0 Å². The molecule has 5 heteroatoms. The summed E-state index contributed by atoms with van der Waals surface area (Å²) in [5.74, 6) is 0. The third-order valence-corrected chi connectivity index (χ3v) is 4.03. The highest BCUT2D eigenvalue weighted by atomic mass is 127. The van der Waals surface area contributed by atoms with Crippen LogP contribution in [0.5, 0.6) is 0 Å². The molecule has 4 N–H and O–H groups in total. The molecule has 0 heterocycles. The third kappa shape index (κ3) is 2.64. The van der Waals surface area contributed by atoms with E-state index in [0.29, 0.717) is 11.3 Å². The van der Waals surface area contributed by atoms with Crippen LogP contribution in [0, 0.1) is 20.3 Å². The van der Waals surface area contributed by atoms with Gasteiger partial charge in [0.25, 0.3) is 0 Å². The van der Waals surface area contributed by atoms with Crippen LogP contribution < -0.4 is 11.1 Å². The van der Waals surface area contributed by atoms with Gasteiger partial charge in [-0.15, -0.1) is 0 Å². The molecule has 0 aliphatic heterocycles. The molecule has 90 valence electrons. The molecular formula is C12H14IN3O. The maximum absolute atomic E-state index is 9.24. The van der Waals surface area contributed by atoms with Crippen LogP contribution in [0.1, 0.15) is 18.4 Å². The first kappa shape index (κ1) is 12.5. The number of hydrogen-bond acceptors (Lipinski definition) is 4. The molecular weight excluding hydrogens is 329 g/mol. The van der Waals surface area contributed by atoms with Crippen LogP contribution in [-0.2, 0) is 0 Å². The van der Waals surface area contributed by atoms with Crippen molar-refractivity contribution in [2.75, 3.05) is 24.2 Å². The lowest BCUT2D eigenvalue weighted by molar-refractivity contribution is 0.220. The van der Waals surface area contributed by atoms with E-state index < -0.39 is 0 Å². The van der Waals surface area contributed by atoms with E-state index in [1.165, 1.54) is 0 Å². The van der Waals surface area contributed by atoms with Crippen LogP contribution in [0.3, 0.4) is 0 Å². The number of nitrogen functional groups attached to an aromatic ring is 1. The average Bonchev–Trinajstić information content (AvgIpc) is 3.08. The maximum Gasteiger partial charge on any atom is 0.0992 e. The van der Waals surface area contributed by atoms with Crippen molar-refractivity contribution in [3.8, 4) is 6.07 Å². The lowest BCUT2D eigenvalue weighted by Crippen LogP contribution is -2.20. The molecule has 2 rings (SSSR count). The molecule has 1 aromatic rings. The SMILES string of the molecule is N#Cc1cc(N)c(NCC2(CO)CC2)c(I)c1. The normalized spacial score (nSPS) is 16.3. The second-order valence-corrected chi connectivity index (χ2v) is 5.71. The minimum atomic E-state index is 0.0451. The third-order valence-electron chi connectivity index (χ3n) is 3.18. The highest BCUT2D eigenvalue weighted by Crippen LogP contribution is 2.45. The fourth-order valence-electron chi connectivity index (χ4n) is 1.72. The molecule has 0 radical (unpaired) electrons. The van der Waals surface area contributed by atoms with Gasteiger partial charge in [0.15, 0.2) is 0 Å². The first-order valence-corrected chi connectivity index (χ1v) is 6.52. The smallest absolute Gasteiger partial charge is 0.0992 e. The van der Waals surface area contributed by atoms with Gasteiger partial charge in [-0.3, -0.25) is 0 Å². The molecule has 0 amide bonds. The molecule has 1 aromatic carbocycles. The summed E-state index contributed by atoms with van der Waals surface area (Å²) in [7, 11) is 0. The Morgan fingerprint density at radius 1 is 1.53 bits per heavy atom.